The van der Waals surface area contributed by atoms with Crippen molar-refractivity contribution >= 4 is 0 Å². The van der Waals surface area contributed by atoms with Crippen molar-refractivity contribution in [2.24, 2.45) is 23.7 Å². The van der Waals surface area contributed by atoms with Crippen LogP contribution in [0.1, 0.15) is 71.6 Å². The van der Waals surface area contributed by atoms with Gasteiger partial charge in [0.2, 0.25) is 0 Å². The highest BCUT2D eigenvalue weighted by Crippen LogP contribution is 2.39. The fourth-order valence-electron chi connectivity index (χ4n) is 4.11. The first kappa shape index (κ1) is 13.4. The second-order valence-corrected chi connectivity index (χ2v) is 6.71. The molecule has 3 unspecified atom stereocenters. The third-order valence-corrected chi connectivity index (χ3v) is 5.41. The number of aliphatic hydroxyl groups is 1. The van der Waals surface area contributed by atoms with E-state index < -0.39 is 0 Å². The first-order valence-corrected chi connectivity index (χ1v) is 7.88. The molecule has 2 fully saturated rings. The Kier molecular flexibility index (Phi) is 4.90. The van der Waals surface area contributed by atoms with Gasteiger partial charge < -0.3 is 5.11 Å². The third-order valence-electron chi connectivity index (χ3n) is 5.41. The number of hydrogen-bond acceptors (Lipinski definition) is 1. The van der Waals surface area contributed by atoms with Crippen molar-refractivity contribution in [3.05, 3.63) is 0 Å². The molecule has 1 nitrogen and oxygen atoms in total. The maximum Gasteiger partial charge on any atom is 0.0596 e. The van der Waals surface area contributed by atoms with Gasteiger partial charge in [-0.3, -0.25) is 0 Å². The normalized spacial score (nSPS) is 41.1. The molecular weight excluding hydrogens is 208 g/mol. The van der Waals surface area contributed by atoms with Crippen LogP contribution in [-0.2, 0) is 0 Å². The van der Waals surface area contributed by atoms with E-state index in [1.165, 1.54) is 57.8 Å². The molecule has 0 saturated heterocycles. The molecule has 2 rings (SSSR count). The van der Waals surface area contributed by atoms with Gasteiger partial charge in [-0.2, -0.15) is 0 Å². The Morgan fingerprint density at radius 3 is 2.29 bits per heavy atom. The molecule has 0 aliphatic heterocycles. The van der Waals surface area contributed by atoms with Crippen LogP contribution in [0.3, 0.4) is 0 Å². The quantitative estimate of drug-likeness (QED) is 0.773. The zero-order valence-electron chi connectivity index (χ0n) is 11.7. The van der Waals surface area contributed by atoms with Gasteiger partial charge in [-0.15, -0.1) is 0 Å². The van der Waals surface area contributed by atoms with E-state index in [1.807, 2.05) is 0 Å². The summed E-state index contributed by atoms with van der Waals surface area (Å²) >= 11 is 0. The fraction of sp³-hybridized carbons (Fsp3) is 1.00. The summed E-state index contributed by atoms with van der Waals surface area (Å²) in [5, 5.41) is 10.6. The van der Waals surface area contributed by atoms with Crippen LogP contribution in [0.15, 0.2) is 0 Å². The lowest BCUT2D eigenvalue weighted by molar-refractivity contribution is 0.00457. The Hall–Kier alpha value is -0.0400. The second-order valence-electron chi connectivity index (χ2n) is 6.71. The van der Waals surface area contributed by atoms with E-state index >= 15 is 0 Å². The van der Waals surface area contributed by atoms with Crippen molar-refractivity contribution in [3.63, 3.8) is 0 Å². The van der Waals surface area contributed by atoms with Crippen LogP contribution in [0, 0.1) is 23.7 Å². The third kappa shape index (κ3) is 3.47. The molecule has 0 amide bonds. The summed E-state index contributed by atoms with van der Waals surface area (Å²) in [5.74, 6) is 3.02. The summed E-state index contributed by atoms with van der Waals surface area (Å²) in [4.78, 5) is 0. The summed E-state index contributed by atoms with van der Waals surface area (Å²) in [6.07, 6.45) is 11.9. The summed E-state index contributed by atoms with van der Waals surface area (Å²) < 4.78 is 0. The van der Waals surface area contributed by atoms with Crippen molar-refractivity contribution in [1.82, 2.24) is 0 Å². The van der Waals surface area contributed by atoms with Crippen molar-refractivity contribution in [2.45, 2.75) is 77.7 Å². The fourth-order valence-corrected chi connectivity index (χ4v) is 4.11. The highest BCUT2D eigenvalue weighted by atomic mass is 16.3. The van der Waals surface area contributed by atoms with E-state index in [-0.39, 0.29) is 6.10 Å². The first-order chi connectivity index (χ1) is 8.20. The van der Waals surface area contributed by atoms with Gasteiger partial charge in [0.15, 0.2) is 0 Å². The van der Waals surface area contributed by atoms with Crippen LogP contribution in [0.4, 0.5) is 0 Å². The summed E-state index contributed by atoms with van der Waals surface area (Å²) in [5.41, 5.74) is 0. The monoisotopic (exact) mass is 238 g/mol. The Labute approximate surface area is 107 Å². The van der Waals surface area contributed by atoms with Crippen molar-refractivity contribution in [1.29, 1.82) is 0 Å². The maximum absolute atomic E-state index is 10.6. The molecule has 100 valence electrons. The number of hydrogen-bond donors (Lipinski definition) is 1. The molecule has 3 atom stereocenters. The molecule has 2 saturated carbocycles. The predicted molar refractivity (Wildman–Crippen MR) is 72.9 cm³/mol. The topological polar surface area (TPSA) is 20.2 Å². The highest BCUT2D eigenvalue weighted by Gasteiger charge is 2.32. The van der Waals surface area contributed by atoms with Crippen LogP contribution in [0.5, 0.6) is 0 Å². The summed E-state index contributed by atoms with van der Waals surface area (Å²) in [6, 6.07) is 0. The Balaban J connectivity index is 1.81. The van der Waals surface area contributed by atoms with E-state index in [0.29, 0.717) is 11.8 Å². The molecule has 0 spiro atoms. The Bertz CT molecular complexity index is 218. The molecule has 1 N–H and O–H groups in total. The second kappa shape index (κ2) is 6.22. The molecule has 17 heavy (non-hydrogen) atoms. The van der Waals surface area contributed by atoms with Gasteiger partial charge in [-0.05, 0) is 49.4 Å². The van der Waals surface area contributed by atoms with Gasteiger partial charge in [0.05, 0.1) is 6.10 Å². The molecule has 0 aromatic heterocycles. The summed E-state index contributed by atoms with van der Waals surface area (Å²) in [7, 11) is 0. The molecular formula is C16H30O. The van der Waals surface area contributed by atoms with Crippen LogP contribution < -0.4 is 0 Å². The smallest absolute Gasteiger partial charge is 0.0596 e. The average molecular weight is 238 g/mol. The van der Waals surface area contributed by atoms with E-state index in [2.05, 4.69) is 13.8 Å². The Morgan fingerprint density at radius 2 is 1.71 bits per heavy atom. The minimum absolute atomic E-state index is 0.00977. The summed E-state index contributed by atoms with van der Waals surface area (Å²) in [6.45, 7) is 4.66. The highest BCUT2D eigenvalue weighted by molar-refractivity contribution is 4.84. The molecule has 0 aromatic rings. The van der Waals surface area contributed by atoms with Gasteiger partial charge in [0, 0.05) is 0 Å². The van der Waals surface area contributed by atoms with Crippen molar-refractivity contribution in [3.8, 4) is 0 Å². The minimum Gasteiger partial charge on any atom is -0.393 e. The van der Waals surface area contributed by atoms with Gasteiger partial charge in [0.25, 0.3) is 0 Å². The largest absolute Gasteiger partial charge is 0.393 e. The van der Waals surface area contributed by atoms with Crippen LogP contribution in [0.2, 0.25) is 0 Å². The van der Waals surface area contributed by atoms with Gasteiger partial charge >= 0.3 is 0 Å². The lowest BCUT2D eigenvalue weighted by atomic mass is 9.71. The van der Waals surface area contributed by atoms with Crippen LogP contribution >= 0.6 is 0 Å². The van der Waals surface area contributed by atoms with Crippen LogP contribution in [-0.4, -0.2) is 11.2 Å². The molecule has 1 heteroatoms. The van der Waals surface area contributed by atoms with Crippen LogP contribution in [0.25, 0.3) is 0 Å². The molecule has 2 aliphatic carbocycles. The van der Waals surface area contributed by atoms with E-state index in [4.69, 9.17) is 0 Å². The molecule has 0 aromatic carbocycles. The van der Waals surface area contributed by atoms with Crippen molar-refractivity contribution < 1.29 is 5.11 Å². The van der Waals surface area contributed by atoms with E-state index in [0.717, 1.165) is 11.8 Å². The lowest BCUT2D eigenvalue weighted by Crippen LogP contribution is -2.34. The lowest BCUT2D eigenvalue weighted by Gasteiger charge is -2.37. The van der Waals surface area contributed by atoms with E-state index in [1.54, 1.807) is 0 Å². The standard InChI is InChI=1S/C16H30O/c1-3-13-7-9-14(10-8-13)16(17)15-6-4-5-12(2)11-15/h12-17H,3-11H2,1-2H3. The van der Waals surface area contributed by atoms with Crippen molar-refractivity contribution in [2.75, 3.05) is 0 Å². The van der Waals surface area contributed by atoms with E-state index in [9.17, 15) is 5.11 Å². The maximum atomic E-state index is 10.6. The van der Waals surface area contributed by atoms with Gasteiger partial charge in [0.1, 0.15) is 0 Å². The number of rotatable bonds is 3. The van der Waals surface area contributed by atoms with Gasteiger partial charge in [-0.25, -0.2) is 0 Å². The minimum atomic E-state index is 0.00977. The molecule has 2 aliphatic rings. The molecule has 0 heterocycles. The molecule has 0 radical (unpaired) electrons. The molecule has 0 bridgehead atoms. The predicted octanol–water partition coefficient (Wildman–Crippen LogP) is 4.39. The average Bonchev–Trinajstić information content (AvgIpc) is 2.38. The Morgan fingerprint density at radius 1 is 1.00 bits per heavy atom. The zero-order chi connectivity index (χ0) is 12.3. The first-order valence-electron chi connectivity index (χ1n) is 7.88. The zero-order valence-corrected chi connectivity index (χ0v) is 11.7. The SMILES string of the molecule is CCC1CCC(C(O)C2CCCC(C)C2)CC1. The number of aliphatic hydroxyl groups excluding tert-OH is 1. The van der Waals surface area contributed by atoms with Gasteiger partial charge in [-0.1, -0.05) is 46.0 Å².